The number of benzene rings is 1. The maximum absolute atomic E-state index is 12.7. The molecule has 0 spiro atoms. The molecule has 24 heavy (non-hydrogen) atoms. The van der Waals surface area contributed by atoms with Crippen LogP contribution < -0.4 is 0 Å². The van der Waals surface area contributed by atoms with Crippen molar-refractivity contribution < 1.29 is 13.2 Å². The maximum atomic E-state index is 12.7. The second-order valence-corrected chi connectivity index (χ2v) is 7.86. The lowest BCUT2D eigenvalue weighted by Crippen LogP contribution is -2.45. The Morgan fingerprint density at radius 1 is 1.17 bits per heavy atom. The highest BCUT2D eigenvalue weighted by Gasteiger charge is 2.30. The Bertz CT molecular complexity index is 735. The summed E-state index contributed by atoms with van der Waals surface area (Å²) >= 11 is 0. The molecule has 0 amide bonds. The summed E-state index contributed by atoms with van der Waals surface area (Å²) in [5.74, 6) is 0. The number of ether oxygens (including phenoxy) is 1. The molecule has 6 heteroatoms. The van der Waals surface area contributed by atoms with Gasteiger partial charge in [0.2, 0.25) is 10.0 Å². The topological polar surface area (TPSA) is 59.5 Å². The Hall–Kier alpha value is -1.76. The van der Waals surface area contributed by atoms with Crippen LogP contribution in [0.2, 0.25) is 0 Å². The summed E-state index contributed by atoms with van der Waals surface area (Å²) in [5, 5.41) is 0. The van der Waals surface area contributed by atoms with Gasteiger partial charge in [0, 0.05) is 25.5 Å². The van der Waals surface area contributed by atoms with Crippen LogP contribution in [0.1, 0.15) is 18.4 Å². The second-order valence-electron chi connectivity index (χ2n) is 5.92. The maximum Gasteiger partial charge on any atom is 0.244 e. The van der Waals surface area contributed by atoms with Gasteiger partial charge in [-0.1, -0.05) is 30.3 Å². The predicted molar refractivity (Wildman–Crippen MR) is 92.1 cm³/mol. The predicted octanol–water partition coefficient (Wildman–Crippen LogP) is 2.49. The number of aromatic nitrogens is 1. The largest absolute Gasteiger partial charge is 0.375 e. The third-order valence-electron chi connectivity index (χ3n) is 4.21. The highest BCUT2D eigenvalue weighted by Crippen LogP contribution is 2.20. The van der Waals surface area contributed by atoms with Crippen molar-refractivity contribution in [2.24, 2.45) is 0 Å². The van der Waals surface area contributed by atoms with Crippen LogP contribution in [-0.4, -0.2) is 43.5 Å². The molecular formula is C18H22N2O3S. The molecule has 128 valence electrons. The molecule has 1 atom stereocenters. The minimum atomic E-state index is -3.48. The quantitative estimate of drug-likeness (QED) is 0.806. The number of sulfonamides is 1. The minimum Gasteiger partial charge on any atom is -0.375 e. The van der Waals surface area contributed by atoms with Gasteiger partial charge in [-0.2, -0.15) is 4.31 Å². The average molecular weight is 346 g/mol. The second kappa shape index (κ2) is 7.88. The Labute approximate surface area is 143 Å². The monoisotopic (exact) mass is 346 g/mol. The zero-order valence-electron chi connectivity index (χ0n) is 13.5. The van der Waals surface area contributed by atoms with Gasteiger partial charge >= 0.3 is 0 Å². The van der Waals surface area contributed by atoms with E-state index in [9.17, 15) is 8.42 Å². The lowest BCUT2D eigenvalue weighted by atomic mass is 10.1. The van der Waals surface area contributed by atoms with Gasteiger partial charge in [-0.25, -0.2) is 8.42 Å². The fraction of sp³-hybridized carbons (Fsp3) is 0.389. The number of pyridine rings is 1. The van der Waals surface area contributed by atoms with Crippen LogP contribution in [-0.2, 0) is 21.2 Å². The molecule has 0 radical (unpaired) electrons. The van der Waals surface area contributed by atoms with E-state index in [4.69, 9.17) is 4.74 Å². The van der Waals surface area contributed by atoms with E-state index in [1.165, 1.54) is 16.1 Å². The molecule has 1 aromatic heterocycles. The number of aryl methyl sites for hydroxylation is 1. The third-order valence-corrected chi connectivity index (χ3v) is 6.06. The highest BCUT2D eigenvalue weighted by molar-refractivity contribution is 7.89. The van der Waals surface area contributed by atoms with Crippen molar-refractivity contribution in [1.82, 2.24) is 9.29 Å². The molecule has 3 rings (SSSR count). The van der Waals surface area contributed by atoms with Gasteiger partial charge in [-0.05, 0) is 37.0 Å². The van der Waals surface area contributed by atoms with Crippen LogP contribution in [0, 0.1) is 0 Å². The van der Waals surface area contributed by atoms with E-state index < -0.39 is 10.0 Å². The Balaban J connectivity index is 1.56. The zero-order valence-corrected chi connectivity index (χ0v) is 14.4. The van der Waals surface area contributed by atoms with Gasteiger partial charge in [-0.15, -0.1) is 0 Å². The Morgan fingerprint density at radius 3 is 2.75 bits per heavy atom. The molecule has 0 N–H and O–H groups in total. The molecule has 0 unspecified atom stereocenters. The van der Waals surface area contributed by atoms with Crippen LogP contribution >= 0.6 is 0 Å². The molecular weight excluding hydrogens is 324 g/mol. The van der Waals surface area contributed by atoms with Gasteiger partial charge in [0.25, 0.3) is 0 Å². The van der Waals surface area contributed by atoms with Crippen molar-refractivity contribution in [2.45, 2.75) is 30.3 Å². The average Bonchev–Trinajstić information content (AvgIpc) is 2.64. The van der Waals surface area contributed by atoms with E-state index in [0.29, 0.717) is 19.7 Å². The van der Waals surface area contributed by atoms with Crippen molar-refractivity contribution in [3.63, 3.8) is 0 Å². The first-order valence-corrected chi connectivity index (χ1v) is 9.66. The smallest absolute Gasteiger partial charge is 0.244 e. The van der Waals surface area contributed by atoms with E-state index >= 15 is 0 Å². The fourth-order valence-corrected chi connectivity index (χ4v) is 4.33. The van der Waals surface area contributed by atoms with Crippen LogP contribution in [0.25, 0.3) is 0 Å². The number of hydrogen-bond acceptors (Lipinski definition) is 4. The summed E-state index contributed by atoms with van der Waals surface area (Å²) in [6.07, 6.45) is 5.74. The van der Waals surface area contributed by atoms with Crippen LogP contribution in [0.5, 0.6) is 0 Å². The first-order chi connectivity index (χ1) is 11.7. The Kier molecular flexibility index (Phi) is 5.60. The SMILES string of the molecule is O=S(=O)(c1cccnc1)N1CCO[C@@H](CCCc2ccccc2)C1. The summed E-state index contributed by atoms with van der Waals surface area (Å²) in [6, 6.07) is 13.5. The van der Waals surface area contributed by atoms with E-state index in [0.717, 1.165) is 19.3 Å². The summed E-state index contributed by atoms with van der Waals surface area (Å²) < 4.78 is 32.6. The molecule has 1 fully saturated rings. The molecule has 0 aliphatic carbocycles. The number of rotatable bonds is 6. The van der Waals surface area contributed by atoms with Crippen molar-refractivity contribution >= 4 is 10.0 Å². The van der Waals surface area contributed by atoms with Crippen molar-refractivity contribution in [3.8, 4) is 0 Å². The lowest BCUT2D eigenvalue weighted by Gasteiger charge is -2.32. The van der Waals surface area contributed by atoms with E-state index in [2.05, 4.69) is 17.1 Å². The highest BCUT2D eigenvalue weighted by atomic mass is 32.2. The van der Waals surface area contributed by atoms with E-state index in [-0.39, 0.29) is 11.0 Å². The van der Waals surface area contributed by atoms with Gasteiger partial charge < -0.3 is 4.74 Å². The zero-order chi connectivity index (χ0) is 16.8. The normalized spacial score (nSPS) is 19.2. The Morgan fingerprint density at radius 2 is 2.00 bits per heavy atom. The third kappa shape index (κ3) is 4.20. The summed E-state index contributed by atoms with van der Waals surface area (Å²) in [6.45, 7) is 1.24. The first kappa shape index (κ1) is 17.1. The van der Waals surface area contributed by atoms with Crippen molar-refractivity contribution in [1.29, 1.82) is 0 Å². The van der Waals surface area contributed by atoms with Crippen molar-refractivity contribution in [2.75, 3.05) is 19.7 Å². The molecule has 1 aromatic carbocycles. The fourth-order valence-electron chi connectivity index (χ4n) is 2.91. The summed E-state index contributed by atoms with van der Waals surface area (Å²) in [5.41, 5.74) is 1.30. The van der Waals surface area contributed by atoms with Crippen molar-refractivity contribution in [3.05, 3.63) is 60.4 Å². The van der Waals surface area contributed by atoms with Crippen LogP contribution in [0.3, 0.4) is 0 Å². The number of morpholine rings is 1. The van der Waals surface area contributed by atoms with Gasteiger partial charge in [0.05, 0.1) is 12.7 Å². The molecule has 5 nitrogen and oxygen atoms in total. The minimum absolute atomic E-state index is 0.0473. The summed E-state index contributed by atoms with van der Waals surface area (Å²) in [4.78, 5) is 4.16. The standard InChI is InChI=1S/C18H22N2O3S/c21-24(22,18-10-5-11-19-14-18)20-12-13-23-17(15-20)9-4-8-16-6-2-1-3-7-16/h1-3,5-7,10-11,14,17H,4,8-9,12-13,15H2/t17-/m0/s1. The molecule has 1 aliphatic heterocycles. The van der Waals surface area contributed by atoms with Gasteiger partial charge in [0.15, 0.2) is 0 Å². The van der Waals surface area contributed by atoms with E-state index in [1.54, 1.807) is 18.3 Å². The number of hydrogen-bond donors (Lipinski definition) is 0. The van der Waals surface area contributed by atoms with E-state index in [1.807, 2.05) is 18.2 Å². The first-order valence-electron chi connectivity index (χ1n) is 8.22. The lowest BCUT2D eigenvalue weighted by molar-refractivity contribution is -0.00640. The molecule has 0 bridgehead atoms. The van der Waals surface area contributed by atoms with Crippen LogP contribution in [0.15, 0.2) is 59.8 Å². The van der Waals surface area contributed by atoms with Crippen LogP contribution in [0.4, 0.5) is 0 Å². The molecule has 2 aromatic rings. The van der Waals surface area contributed by atoms with Gasteiger partial charge in [0.1, 0.15) is 4.90 Å². The molecule has 1 aliphatic rings. The molecule has 0 saturated carbocycles. The molecule has 1 saturated heterocycles. The summed E-state index contributed by atoms with van der Waals surface area (Å²) in [7, 11) is -3.48. The molecule has 2 heterocycles. The van der Waals surface area contributed by atoms with Gasteiger partial charge in [-0.3, -0.25) is 4.98 Å². The number of nitrogens with zero attached hydrogens (tertiary/aromatic N) is 2.